The lowest BCUT2D eigenvalue weighted by Gasteiger charge is -2.36. The molecule has 23 heavy (non-hydrogen) atoms. The zero-order valence-electron chi connectivity index (χ0n) is 13.5. The van der Waals surface area contributed by atoms with Crippen LogP contribution in [-0.2, 0) is 6.54 Å². The third-order valence-electron chi connectivity index (χ3n) is 4.98. The molecule has 0 bridgehead atoms. The zero-order chi connectivity index (χ0) is 15.5. The average molecular weight is 312 g/mol. The SMILES string of the molecule is c1ccc(-c2nnc(CN3CCCC(N4CCCC4)C3)o2)cc1. The van der Waals surface area contributed by atoms with E-state index < -0.39 is 0 Å². The Morgan fingerprint density at radius 2 is 1.83 bits per heavy atom. The van der Waals surface area contributed by atoms with Crippen LogP contribution in [0.2, 0.25) is 0 Å². The van der Waals surface area contributed by atoms with E-state index in [-0.39, 0.29) is 0 Å². The summed E-state index contributed by atoms with van der Waals surface area (Å²) >= 11 is 0. The van der Waals surface area contributed by atoms with Crippen LogP contribution >= 0.6 is 0 Å². The summed E-state index contributed by atoms with van der Waals surface area (Å²) in [5.74, 6) is 1.35. The number of likely N-dealkylation sites (tertiary alicyclic amines) is 2. The molecule has 0 radical (unpaired) electrons. The van der Waals surface area contributed by atoms with Gasteiger partial charge in [0, 0.05) is 18.2 Å². The van der Waals surface area contributed by atoms with Crippen LogP contribution in [-0.4, -0.2) is 52.2 Å². The monoisotopic (exact) mass is 312 g/mol. The summed E-state index contributed by atoms with van der Waals surface area (Å²) in [5, 5.41) is 8.43. The van der Waals surface area contributed by atoms with Crippen molar-refractivity contribution in [2.45, 2.75) is 38.3 Å². The number of aromatic nitrogens is 2. The maximum Gasteiger partial charge on any atom is 0.247 e. The maximum atomic E-state index is 5.86. The molecule has 4 rings (SSSR count). The smallest absolute Gasteiger partial charge is 0.247 e. The molecule has 2 saturated heterocycles. The summed E-state index contributed by atoms with van der Waals surface area (Å²) in [4.78, 5) is 5.13. The van der Waals surface area contributed by atoms with Crippen LogP contribution < -0.4 is 0 Å². The van der Waals surface area contributed by atoms with Crippen molar-refractivity contribution in [1.29, 1.82) is 0 Å². The van der Waals surface area contributed by atoms with Crippen LogP contribution in [0.4, 0.5) is 0 Å². The molecule has 0 saturated carbocycles. The van der Waals surface area contributed by atoms with Crippen LogP contribution in [0.5, 0.6) is 0 Å². The van der Waals surface area contributed by atoms with Crippen molar-refractivity contribution < 1.29 is 4.42 Å². The molecule has 0 amide bonds. The van der Waals surface area contributed by atoms with Crippen LogP contribution in [0.15, 0.2) is 34.7 Å². The van der Waals surface area contributed by atoms with Crippen LogP contribution in [0.25, 0.3) is 11.5 Å². The molecule has 0 N–H and O–H groups in total. The summed E-state index contributed by atoms with van der Waals surface area (Å²) in [6, 6.07) is 10.7. The number of rotatable bonds is 4. The van der Waals surface area contributed by atoms with E-state index in [1.807, 2.05) is 30.3 Å². The topological polar surface area (TPSA) is 45.4 Å². The van der Waals surface area contributed by atoms with E-state index in [1.54, 1.807) is 0 Å². The molecule has 122 valence electrons. The van der Waals surface area contributed by atoms with Gasteiger partial charge in [-0.2, -0.15) is 0 Å². The lowest BCUT2D eigenvalue weighted by Crippen LogP contribution is -2.46. The first-order valence-corrected chi connectivity index (χ1v) is 8.73. The lowest BCUT2D eigenvalue weighted by molar-refractivity contribution is 0.104. The van der Waals surface area contributed by atoms with Crippen molar-refractivity contribution in [1.82, 2.24) is 20.0 Å². The minimum Gasteiger partial charge on any atom is -0.419 e. The highest BCUT2D eigenvalue weighted by Gasteiger charge is 2.27. The van der Waals surface area contributed by atoms with Gasteiger partial charge in [0.15, 0.2) is 0 Å². The van der Waals surface area contributed by atoms with Gasteiger partial charge in [0.05, 0.1) is 6.54 Å². The van der Waals surface area contributed by atoms with E-state index in [9.17, 15) is 0 Å². The Morgan fingerprint density at radius 3 is 2.65 bits per heavy atom. The fourth-order valence-corrected chi connectivity index (χ4v) is 3.79. The second-order valence-electron chi connectivity index (χ2n) is 6.64. The third-order valence-corrected chi connectivity index (χ3v) is 4.98. The predicted molar refractivity (Wildman–Crippen MR) is 88.8 cm³/mol. The predicted octanol–water partition coefficient (Wildman–Crippen LogP) is 2.80. The van der Waals surface area contributed by atoms with Gasteiger partial charge in [-0.1, -0.05) is 18.2 Å². The Bertz CT molecular complexity index is 621. The second-order valence-corrected chi connectivity index (χ2v) is 6.64. The second kappa shape index (κ2) is 6.81. The molecule has 0 spiro atoms. The Hall–Kier alpha value is -1.72. The maximum absolute atomic E-state index is 5.86. The molecular weight excluding hydrogens is 288 g/mol. The van der Waals surface area contributed by atoms with Gasteiger partial charge in [0.25, 0.3) is 0 Å². The van der Waals surface area contributed by atoms with Crippen molar-refractivity contribution in [2.75, 3.05) is 26.2 Å². The van der Waals surface area contributed by atoms with E-state index in [0.29, 0.717) is 11.9 Å². The molecule has 2 aliphatic rings. The van der Waals surface area contributed by atoms with Gasteiger partial charge in [0.2, 0.25) is 11.8 Å². The minimum atomic E-state index is 0.619. The van der Waals surface area contributed by atoms with Crippen LogP contribution in [0.1, 0.15) is 31.6 Å². The number of nitrogens with zero attached hydrogens (tertiary/aromatic N) is 4. The number of piperidine rings is 1. The molecular formula is C18H24N4O. The minimum absolute atomic E-state index is 0.619. The number of benzene rings is 1. The highest BCUT2D eigenvalue weighted by Crippen LogP contribution is 2.22. The first-order valence-electron chi connectivity index (χ1n) is 8.73. The third kappa shape index (κ3) is 3.46. The Kier molecular flexibility index (Phi) is 4.39. The summed E-state index contributed by atoms with van der Waals surface area (Å²) in [5.41, 5.74) is 0.986. The fourth-order valence-electron chi connectivity index (χ4n) is 3.79. The highest BCUT2D eigenvalue weighted by atomic mass is 16.4. The van der Waals surface area contributed by atoms with Gasteiger partial charge in [0.1, 0.15) is 0 Å². The highest BCUT2D eigenvalue weighted by molar-refractivity contribution is 5.51. The van der Waals surface area contributed by atoms with Gasteiger partial charge < -0.3 is 4.42 Å². The number of hydrogen-bond donors (Lipinski definition) is 0. The van der Waals surface area contributed by atoms with Crippen molar-refractivity contribution in [2.24, 2.45) is 0 Å². The summed E-state index contributed by atoms with van der Waals surface area (Å²) in [6.07, 6.45) is 5.32. The summed E-state index contributed by atoms with van der Waals surface area (Å²) in [7, 11) is 0. The molecule has 0 aliphatic carbocycles. The van der Waals surface area contributed by atoms with E-state index in [2.05, 4.69) is 20.0 Å². The Morgan fingerprint density at radius 1 is 1.00 bits per heavy atom. The van der Waals surface area contributed by atoms with E-state index >= 15 is 0 Å². The molecule has 2 aliphatic heterocycles. The molecule has 5 heteroatoms. The van der Waals surface area contributed by atoms with Crippen LogP contribution in [0.3, 0.4) is 0 Å². The first kappa shape index (κ1) is 14.8. The van der Waals surface area contributed by atoms with Crippen LogP contribution in [0, 0.1) is 0 Å². The zero-order valence-corrected chi connectivity index (χ0v) is 13.5. The summed E-state index contributed by atoms with van der Waals surface area (Å²) < 4.78 is 5.86. The molecule has 3 heterocycles. The fraction of sp³-hybridized carbons (Fsp3) is 0.556. The summed E-state index contributed by atoms with van der Waals surface area (Å²) in [6.45, 7) is 5.58. The molecule has 1 aromatic heterocycles. The van der Waals surface area contributed by atoms with Gasteiger partial charge in [-0.3, -0.25) is 9.80 Å². The van der Waals surface area contributed by atoms with Gasteiger partial charge in [-0.15, -0.1) is 10.2 Å². The van der Waals surface area contributed by atoms with E-state index in [4.69, 9.17) is 4.42 Å². The quantitative estimate of drug-likeness (QED) is 0.868. The Balaban J connectivity index is 1.39. The van der Waals surface area contributed by atoms with Crippen molar-refractivity contribution in [3.63, 3.8) is 0 Å². The normalized spacial score (nSPS) is 23.4. The van der Waals surface area contributed by atoms with E-state index in [0.717, 1.165) is 31.1 Å². The van der Waals surface area contributed by atoms with Gasteiger partial charge in [-0.25, -0.2) is 0 Å². The standard InChI is InChI=1S/C18H24N4O/c1-2-7-15(8-3-1)18-20-19-17(23-18)14-21-10-6-9-16(13-21)22-11-4-5-12-22/h1-3,7-8,16H,4-6,9-14H2. The Labute approximate surface area is 137 Å². The molecule has 1 unspecified atom stereocenters. The van der Waals surface area contributed by atoms with Crippen molar-refractivity contribution in [3.8, 4) is 11.5 Å². The average Bonchev–Trinajstić information content (AvgIpc) is 3.28. The van der Waals surface area contributed by atoms with E-state index in [1.165, 1.54) is 38.8 Å². The first-order chi connectivity index (χ1) is 11.4. The van der Waals surface area contributed by atoms with Gasteiger partial charge >= 0.3 is 0 Å². The van der Waals surface area contributed by atoms with Crippen molar-refractivity contribution in [3.05, 3.63) is 36.2 Å². The molecule has 2 fully saturated rings. The molecule has 1 atom stereocenters. The molecule has 5 nitrogen and oxygen atoms in total. The lowest BCUT2D eigenvalue weighted by atomic mass is 10.0. The van der Waals surface area contributed by atoms with Gasteiger partial charge in [-0.05, 0) is 57.5 Å². The van der Waals surface area contributed by atoms with Crippen molar-refractivity contribution >= 4 is 0 Å². The largest absolute Gasteiger partial charge is 0.419 e. The number of hydrogen-bond acceptors (Lipinski definition) is 5. The molecule has 1 aromatic carbocycles. The molecule has 2 aromatic rings.